The molecule has 0 bridgehead atoms. The van der Waals surface area contributed by atoms with E-state index in [1.165, 1.54) is 24.1 Å². The lowest BCUT2D eigenvalue weighted by atomic mass is 10.2. The Bertz CT molecular complexity index is 262. The topological polar surface area (TPSA) is 38.0 Å². The molecule has 0 aromatic heterocycles. The van der Waals surface area contributed by atoms with E-state index < -0.39 is 0 Å². The second-order valence-corrected chi connectivity index (χ2v) is 3.73. The second kappa shape index (κ2) is 3.79. The largest absolute Gasteiger partial charge is 0.385 e. The summed E-state index contributed by atoms with van der Waals surface area (Å²) in [7, 11) is 0. The van der Waals surface area contributed by atoms with Crippen LogP contribution in [0.1, 0.15) is 18.4 Å². The van der Waals surface area contributed by atoms with Gasteiger partial charge in [-0.15, -0.1) is 0 Å². The zero-order valence-corrected chi connectivity index (χ0v) is 7.79. The average molecular weight is 176 g/mol. The third-order valence-electron chi connectivity index (χ3n) is 2.48. The highest BCUT2D eigenvalue weighted by molar-refractivity contribution is 5.44. The van der Waals surface area contributed by atoms with E-state index in [0.717, 1.165) is 12.5 Å². The number of hydrogen-bond donors (Lipinski definition) is 2. The van der Waals surface area contributed by atoms with E-state index in [1.54, 1.807) is 0 Å². The predicted octanol–water partition coefficient (Wildman–Crippen LogP) is 1.97. The third kappa shape index (κ3) is 2.46. The van der Waals surface area contributed by atoms with Crippen molar-refractivity contribution in [3.8, 4) is 0 Å². The summed E-state index contributed by atoms with van der Waals surface area (Å²) in [5.41, 5.74) is 7.92. The van der Waals surface area contributed by atoms with Gasteiger partial charge in [0.2, 0.25) is 0 Å². The third-order valence-corrected chi connectivity index (χ3v) is 2.48. The highest BCUT2D eigenvalue weighted by Crippen LogP contribution is 2.28. The molecule has 2 nitrogen and oxygen atoms in total. The van der Waals surface area contributed by atoms with Gasteiger partial charge in [-0.25, -0.2) is 0 Å². The lowest BCUT2D eigenvalue weighted by molar-refractivity contribution is 0.889. The molecular weight excluding hydrogens is 160 g/mol. The zero-order valence-electron chi connectivity index (χ0n) is 7.79. The molecule has 13 heavy (non-hydrogen) atoms. The minimum atomic E-state index is 0.628. The molecule has 0 amide bonds. The molecule has 1 aromatic carbocycles. The lowest BCUT2D eigenvalue weighted by Crippen LogP contribution is -2.03. The molecule has 1 saturated carbocycles. The Hall–Kier alpha value is -1.02. The highest BCUT2D eigenvalue weighted by Gasteiger charge is 2.20. The van der Waals surface area contributed by atoms with Crippen LogP contribution in [0.3, 0.4) is 0 Å². The molecule has 0 heterocycles. The van der Waals surface area contributed by atoms with Crippen molar-refractivity contribution in [3.63, 3.8) is 0 Å². The monoisotopic (exact) mass is 176 g/mol. The van der Waals surface area contributed by atoms with Gasteiger partial charge in [0, 0.05) is 18.8 Å². The van der Waals surface area contributed by atoms with Crippen LogP contribution in [0.2, 0.25) is 0 Å². The lowest BCUT2D eigenvalue weighted by Gasteiger charge is -2.05. The van der Waals surface area contributed by atoms with Crippen molar-refractivity contribution in [2.24, 2.45) is 11.7 Å². The summed E-state index contributed by atoms with van der Waals surface area (Å²) in [6.07, 6.45) is 2.79. The summed E-state index contributed by atoms with van der Waals surface area (Å²) in [4.78, 5) is 0. The van der Waals surface area contributed by atoms with Gasteiger partial charge < -0.3 is 11.1 Å². The molecular formula is C11H16N2. The van der Waals surface area contributed by atoms with Crippen LogP contribution in [-0.2, 0) is 6.54 Å². The molecule has 3 N–H and O–H groups in total. The first kappa shape index (κ1) is 8.57. The quantitative estimate of drug-likeness (QED) is 0.736. The smallest absolute Gasteiger partial charge is 0.0340 e. The van der Waals surface area contributed by atoms with Gasteiger partial charge in [0.05, 0.1) is 0 Å². The molecule has 1 fully saturated rings. The number of hydrogen-bond acceptors (Lipinski definition) is 2. The zero-order chi connectivity index (χ0) is 9.10. The standard InChI is InChI=1S/C11H16N2/c12-7-9-3-5-11(6-4-9)13-8-10-1-2-10/h3-6,10,13H,1-2,7-8,12H2. The molecule has 0 aliphatic heterocycles. The Balaban J connectivity index is 1.88. The molecule has 2 heteroatoms. The van der Waals surface area contributed by atoms with Crippen LogP contribution < -0.4 is 11.1 Å². The first-order valence-electron chi connectivity index (χ1n) is 4.91. The van der Waals surface area contributed by atoms with Gasteiger partial charge >= 0.3 is 0 Å². The van der Waals surface area contributed by atoms with Gasteiger partial charge in [-0.1, -0.05) is 12.1 Å². The molecule has 2 rings (SSSR count). The van der Waals surface area contributed by atoms with Crippen LogP contribution in [-0.4, -0.2) is 6.54 Å². The van der Waals surface area contributed by atoms with E-state index in [1.807, 2.05) is 0 Å². The van der Waals surface area contributed by atoms with E-state index in [-0.39, 0.29) is 0 Å². The minimum Gasteiger partial charge on any atom is -0.385 e. The molecule has 0 unspecified atom stereocenters. The van der Waals surface area contributed by atoms with Crippen molar-refractivity contribution in [2.45, 2.75) is 19.4 Å². The number of anilines is 1. The minimum absolute atomic E-state index is 0.628. The summed E-state index contributed by atoms with van der Waals surface area (Å²) in [6.45, 7) is 1.75. The van der Waals surface area contributed by atoms with Gasteiger partial charge in [0.15, 0.2) is 0 Å². The van der Waals surface area contributed by atoms with E-state index in [9.17, 15) is 0 Å². The van der Waals surface area contributed by atoms with Crippen LogP contribution in [0.5, 0.6) is 0 Å². The summed E-state index contributed by atoms with van der Waals surface area (Å²) >= 11 is 0. The van der Waals surface area contributed by atoms with E-state index >= 15 is 0 Å². The summed E-state index contributed by atoms with van der Waals surface area (Å²) in [5, 5.41) is 3.42. The SMILES string of the molecule is NCc1ccc(NCC2CC2)cc1. The summed E-state index contributed by atoms with van der Waals surface area (Å²) in [6, 6.07) is 8.36. The Labute approximate surface area is 79.1 Å². The van der Waals surface area contributed by atoms with Crippen LogP contribution in [0.4, 0.5) is 5.69 Å². The number of rotatable bonds is 4. The fourth-order valence-electron chi connectivity index (χ4n) is 1.34. The van der Waals surface area contributed by atoms with Crippen LogP contribution in [0.15, 0.2) is 24.3 Å². The summed E-state index contributed by atoms with van der Waals surface area (Å²) in [5.74, 6) is 0.925. The van der Waals surface area contributed by atoms with Gasteiger partial charge in [-0.05, 0) is 36.5 Å². The maximum atomic E-state index is 5.51. The first-order valence-corrected chi connectivity index (χ1v) is 4.91. The number of nitrogens with one attached hydrogen (secondary N) is 1. The van der Waals surface area contributed by atoms with Crippen molar-refractivity contribution < 1.29 is 0 Å². The molecule has 1 aliphatic carbocycles. The van der Waals surface area contributed by atoms with Crippen molar-refractivity contribution in [1.29, 1.82) is 0 Å². The van der Waals surface area contributed by atoms with Crippen molar-refractivity contribution in [3.05, 3.63) is 29.8 Å². The molecule has 0 spiro atoms. The van der Waals surface area contributed by atoms with Crippen molar-refractivity contribution in [1.82, 2.24) is 0 Å². The Morgan fingerprint density at radius 2 is 1.92 bits per heavy atom. The van der Waals surface area contributed by atoms with Gasteiger partial charge in [0.1, 0.15) is 0 Å². The van der Waals surface area contributed by atoms with E-state index in [0.29, 0.717) is 6.54 Å². The summed E-state index contributed by atoms with van der Waals surface area (Å²) < 4.78 is 0. The predicted molar refractivity (Wildman–Crippen MR) is 55.5 cm³/mol. The van der Waals surface area contributed by atoms with Gasteiger partial charge in [-0.3, -0.25) is 0 Å². The average Bonchev–Trinajstić information content (AvgIpc) is 2.99. The van der Waals surface area contributed by atoms with Crippen LogP contribution >= 0.6 is 0 Å². The van der Waals surface area contributed by atoms with Gasteiger partial charge in [0.25, 0.3) is 0 Å². The van der Waals surface area contributed by atoms with E-state index in [4.69, 9.17) is 5.73 Å². The number of benzene rings is 1. The van der Waals surface area contributed by atoms with Crippen molar-refractivity contribution >= 4 is 5.69 Å². The maximum Gasteiger partial charge on any atom is 0.0340 e. The molecule has 1 aromatic rings. The fourth-order valence-corrected chi connectivity index (χ4v) is 1.34. The van der Waals surface area contributed by atoms with E-state index in [2.05, 4.69) is 29.6 Å². The molecule has 0 atom stereocenters. The Kier molecular flexibility index (Phi) is 2.50. The molecule has 0 saturated heterocycles. The fraction of sp³-hybridized carbons (Fsp3) is 0.455. The molecule has 0 radical (unpaired) electrons. The highest BCUT2D eigenvalue weighted by atomic mass is 14.9. The molecule has 1 aliphatic rings. The van der Waals surface area contributed by atoms with Crippen molar-refractivity contribution in [2.75, 3.05) is 11.9 Å². The van der Waals surface area contributed by atoms with Gasteiger partial charge in [-0.2, -0.15) is 0 Å². The second-order valence-electron chi connectivity index (χ2n) is 3.73. The Morgan fingerprint density at radius 3 is 2.46 bits per heavy atom. The Morgan fingerprint density at radius 1 is 1.23 bits per heavy atom. The first-order chi connectivity index (χ1) is 6.38. The normalized spacial score (nSPS) is 15.8. The number of nitrogens with two attached hydrogens (primary N) is 1. The van der Waals surface area contributed by atoms with Crippen LogP contribution in [0, 0.1) is 5.92 Å². The molecule has 70 valence electrons. The maximum absolute atomic E-state index is 5.51. The van der Waals surface area contributed by atoms with Crippen LogP contribution in [0.25, 0.3) is 0 Å².